The van der Waals surface area contributed by atoms with Crippen LogP contribution in [0.4, 0.5) is 0 Å². The molecule has 2 aliphatic carbocycles. The molecule has 2 fully saturated rings. The van der Waals surface area contributed by atoms with Gasteiger partial charge in [0.15, 0.2) is 0 Å². The van der Waals surface area contributed by atoms with Crippen LogP contribution in [0.15, 0.2) is 0 Å². The molecule has 0 amide bonds. The third-order valence-corrected chi connectivity index (χ3v) is 3.73. The lowest BCUT2D eigenvalue weighted by atomic mass is 10.0. The number of nitrogens with one attached hydrogen (secondary N) is 2. The Labute approximate surface area is 87.8 Å². The third-order valence-electron chi connectivity index (χ3n) is 3.73. The monoisotopic (exact) mass is 196 g/mol. The lowest BCUT2D eigenvalue weighted by molar-refractivity contribution is 0.443. The maximum Gasteiger partial charge on any atom is -0.00203 e. The molecule has 82 valence electrons. The van der Waals surface area contributed by atoms with E-state index in [0.717, 1.165) is 24.3 Å². The minimum atomic E-state index is 1.01. The second-order valence-corrected chi connectivity index (χ2v) is 5.00. The highest BCUT2D eigenvalue weighted by molar-refractivity contribution is 4.96. The summed E-state index contributed by atoms with van der Waals surface area (Å²) in [4.78, 5) is 0. The molecule has 2 nitrogen and oxygen atoms in total. The number of hydrogen-bond donors (Lipinski definition) is 2. The van der Waals surface area contributed by atoms with Gasteiger partial charge in [-0.2, -0.15) is 0 Å². The molecule has 0 bridgehead atoms. The molecule has 0 aromatic rings. The van der Waals surface area contributed by atoms with Crippen LogP contribution in [-0.4, -0.2) is 26.2 Å². The van der Waals surface area contributed by atoms with Crippen molar-refractivity contribution in [3.05, 3.63) is 0 Å². The maximum absolute atomic E-state index is 3.59. The molecule has 2 heteroatoms. The van der Waals surface area contributed by atoms with Crippen molar-refractivity contribution in [2.45, 2.75) is 32.6 Å². The lowest BCUT2D eigenvalue weighted by Crippen LogP contribution is -2.26. The average Bonchev–Trinajstić information content (AvgIpc) is 2.80. The minimum Gasteiger partial charge on any atom is -0.317 e. The molecule has 14 heavy (non-hydrogen) atoms. The van der Waals surface area contributed by atoms with Gasteiger partial charge in [0.2, 0.25) is 0 Å². The van der Waals surface area contributed by atoms with Crippen LogP contribution in [0.3, 0.4) is 0 Å². The van der Waals surface area contributed by atoms with Gasteiger partial charge in [0, 0.05) is 0 Å². The first-order valence-electron chi connectivity index (χ1n) is 6.31. The van der Waals surface area contributed by atoms with E-state index in [0.29, 0.717) is 0 Å². The van der Waals surface area contributed by atoms with E-state index in [-0.39, 0.29) is 0 Å². The molecular weight excluding hydrogens is 172 g/mol. The van der Waals surface area contributed by atoms with Gasteiger partial charge in [-0.15, -0.1) is 0 Å². The highest BCUT2D eigenvalue weighted by atomic mass is 14.9. The van der Waals surface area contributed by atoms with Crippen LogP contribution in [0.1, 0.15) is 32.6 Å². The lowest BCUT2D eigenvalue weighted by Gasteiger charge is -2.12. The molecule has 0 aromatic carbocycles. The van der Waals surface area contributed by atoms with Gasteiger partial charge in [0.25, 0.3) is 0 Å². The van der Waals surface area contributed by atoms with Crippen LogP contribution in [0.5, 0.6) is 0 Å². The van der Waals surface area contributed by atoms with Crippen LogP contribution < -0.4 is 10.6 Å². The van der Waals surface area contributed by atoms with Gasteiger partial charge < -0.3 is 10.6 Å². The zero-order valence-electron chi connectivity index (χ0n) is 9.39. The SMILES string of the molecule is CCNCCCNCC1CC2CC2C1. The van der Waals surface area contributed by atoms with Crippen molar-refractivity contribution in [3.63, 3.8) is 0 Å². The molecule has 0 aromatic heterocycles. The zero-order chi connectivity index (χ0) is 9.80. The minimum absolute atomic E-state index is 1.01. The normalized spacial score (nSPS) is 34.5. The van der Waals surface area contributed by atoms with E-state index in [1.165, 1.54) is 38.9 Å². The average molecular weight is 196 g/mol. The maximum atomic E-state index is 3.59. The zero-order valence-corrected chi connectivity index (χ0v) is 9.39. The third kappa shape index (κ3) is 2.96. The Morgan fingerprint density at radius 3 is 2.43 bits per heavy atom. The van der Waals surface area contributed by atoms with Gasteiger partial charge in [-0.1, -0.05) is 6.92 Å². The molecular formula is C12H24N2. The van der Waals surface area contributed by atoms with Gasteiger partial charge >= 0.3 is 0 Å². The summed E-state index contributed by atoms with van der Waals surface area (Å²) in [7, 11) is 0. The number of rotatable bonds is 7. The molecule has 0 spiro atoms. The number of fused-ring (bicyclic) bond motifs is 1. The molecule has 2 rings (SSSR count). The highest BCUT2D eigenvalue weighted by Crippen LogP contribution is 2.54. The second kappa shape index (κ2) is 5.13. The van der Waals surface area contributed by atoms with Crippen molar-refractivity contribution in [1.29, 1.82) is 0 Å². The standard InChI is InChI=1S/C12H24N2/c1-2-13-4-3-5-14-9-10-6-11-8-12(11)7-10/h10-14H,2-9H2,1H3. The van der Waals surface area contributed by atoms with Crippen LogP contribution in [0, 0.1) is 17.8 Å². The molecule has 2 atom stereocenters. The summed E-state index contributed by atoms with van der Waals surface area (Å²) in [5, 5.41) is 6.94. The Hall–Kier alpha value is -0.0800. The van der Waals surface area contributed by atoms with Gasteiger partial charge in [-0.3, -0.25) is 0 Å². The summed E-state index contributed by atoms with van der Waals surface area (Å²) < 4.78 is 0. The Bertz CT molecular complexity index is 160. The van der Waals surface area contributed by atoms with Gasteiger partial charge in [0.1, 0.15) is 0 Å². The first kappa shape index (κ1) is 10.4. The molecule has 0 radical (unpaired) electrons. The Morgan fingerprint density at radius 1 is 1.00 bits per heavy atom. The molecule has 2 N–H and O–H groups in total. The molecule has 0 aliphatic heterocycles. The summed E-state index contributed by atoms with van der Waals surface area (Å²) in [5.74, 6) is 3.30. The summed E-state index contributed by atoms with van der Waals surface area (Å²) in [5.41, 5.74) is 0. The summed E-state index contributed by atoms with van der Waals surface area (Å²) in [6.45, 7) is 6.90. The van der Waals surface area contributed by atoms with Gasteiger partial charge in [-0.25, -0.2) is 0 Å². The Balaban J connectivity index is 1.40. The van der Waals surface area contributed by atoms with Gasteiger partial charge in [0.05, 0.1) is 0 Å². The predicted molar refractivity (Wildman–Crippen MR) is 60.4 cm³/mol. The predicted octanol–water partition coefficient (Wildman–Crippen LogP) is 1.62. The van der Waals surface area contributed by atoms with Crippen molar-refractivity contribution in [2.75, 3.05) is 26.2 Å². The Morgan fingerprint density at radius 2 is 1.71 bits per heavy atom. The van der Waals surface area contributed by atoms with E-state index >= 15 is 0 Å². The highest BCUT2D eigenvalue weighted by Gasteiger charge is 2.45. The molecule has 2 unspecified atom stereocenters. The van der Waals surface area contributed by atoms with Crippen molar-refractivity contribution in [1.82, 2.24) is 10.6 Å². The quantitative estimate of drug-likeness (QED) is 0.605. The topological polar surface area (TPSA) is 24.1 Å². The molecule has 0 saturated heterocycles. The van der Waals surface area contributed by atoms with Crippen LogP contribution >= 0.6 is 0 Å². The van der Waals surface area contributed by atoms with Crippen molar-refractivity contribution < 1.29 is 0 Å². The van der Waals surface area contributed by atoms with E-state index in [1.807, 2.05) is 0 Å². The smallest absolute Gasteiger partial charge is 0.00203 e. The number of hydrogen-bond acceptors (Lipinski definition) is 2. The van der Waals surface area contributed by atoms with Crippen LogP contribution in [0.2, 0.25) is 0 Å². The van der Waals surface area contributed by atoms with Crippen molar-refractivity contribution >= 4 is 0 Å². The summed E-state index contributed by atoms with van der Waals surface area (Å²) in [6, 6.07) is 0. The largest absolute Gasteiger partial charge is 0.317 e. The van der Waals surface area contributed by atoms with E-state index in [9.17, 15) is 0 Å². The summed E-state index contributed by atoms with van der Waals surface area (Å²) >= 11 is 0. The van der Waals surface area contributed by atoms with E-state index in [2.05, 4.69) is 17.6 Å². The van der Waals surface area contributed by atoms with E-state index in [1.54, 1.807) is 6.42 Å². The molecule has 0 heterocycles. The van der Waals surface area contributed by atoms with Crippen molar-refractivity contribution in [3.8, 4) is 0 Å². The fourth-order valence-electron chi connectivity index (χ4n) is 2.83. The van der Waals surface area contributed by atoms with E-state index in [4.69, 9.17) is 0 Å². The Kier molecular flexibility index (Phi) is 3.82. The van der Waals surface area contributed by atoms with E-state index < -0.39 is 0 Å². The van der Waals surface area contributed by atoms with Crippen LogP contribution in [0.25, 0.3) is 0 Å². The fraction of sp³-hybridized carbons (Fsp3) is 1.00. The first-order chi connectivity index (χ1) is 6.90. The van der Waals surface area contributed by atoms with Crippen LogP contribution in [-0.2, 0) is 0 Å². The molecule has 2 saturated carbocycles. The first-order valence-corrected chi connectivity index (χ1v) is 6.31. The second-order valence-electron chi connectivity index (χ2n) is 5.00. The van der Waals surface area contributed by atoms with Crippen molar-refractivity contribution in [2.24, 2.45) is 17.8 Å². The molecule has 2 aliphatic rings. The summed E-state index contributed by atoms with van der Waals surface area (Å²) in [6.07, 6.45) is 5.86. The fourth-order valence-corrected chi connectivity index (χ4v) is 2.83. The van der Waals surface area contributed by atoms with Gasteiger partial charge in [-0.05, 0) is 69.6 Å².